The van der Waals surface area contributed by atoms with Crippen LogP contribution >= 0.6 is 11.8 Å². The monoisotopic (exact) mass is 541 g/mol. The van der Waals surface area contributed by atoms with Crippen molar-refractivity contribution in [3.05, 3.63) is 53.5 Å². The van der Waals surface area contributed by atoms with Crippen molar-refractivity contribution in [1.29, 1.82) is 0 Å². The number of hydrogen-bond acceptors (Lipinski definition) is 6. The fourth-order valence-corrected chi connectivity index (χ4v) is 3.67. The minimum atomic E-state index is -6.46. The van der Waals surface area contributed by atoms with Gasteiger partial charge in [0.05, 0.1) is 12.6 Å². The van der Waals surface area contributed by atoms with Crippen molar-refractivity contribution in [2.45, 2.75) is 36.1 Å². The van der Waals surface area contributed by atoms with E-state index in [0.29, 0.717) is 11.3 Å². The molecular weight excluding hydrogens is 526 g/mol. The van der Waals surface area contributed by atoms with Crippen molar-refractivity contribution in [2.75, 3.05) is 7.11 Å². The van der Waals surface area contributed by atoms with Crippen molar-refractivity contribution in [3.8, 4) is 17.2 Å². The van der Waals surface area contributed by atoms with Crippen molar-refractivity contribution in [3.63, 3.8) is 0 Å². The minimum Gasteiger partial charge on any atom is -0.454 e. The van der Waals surface area contributed by atoms with Crippen LogP contribution in [-0.4, -0.2) is 35.6 Å². The zero-order valence-corrected chi connectivity index (χ0v) is 19.3. The second kappa shape index (κ2) is 9.64. The lowest BCUT2D eigenvalue weighted by molar-refractivity contribution is -0.330. The summed E-state index contributed by atoms with van der Waals surface area (Å²) in [5.74, 6) is -7.72. The van der Waals surface area contributed by atoms with Crippen LogP contribution in [0.5, 0.6) is 17.2 Å². The molecule has 0 amide bonds. The van der Waals surface area contributed by atoms with E-state index in [9.17, 15) is 39.9 Å². The van der Waals surface area contributed by atoms with Crippen LogP contribution in [0.4, 0.5) is 39.9 Å². The molecule has 2 aromatic carbocycles. The summed E-state index contributed by atoms with van der Waals surface area (Å²) in [5.41, 5.74) is 1.00. The lowest BCUT2D eigenvalue weighted by Gasteiger charge is -2.27. The number of benzene rings is 2. The number of hydrogen-bond donors (Lipinski definition) is 0. The first kappa shape index (κ1) is 27.3. The molecule has 36 heavy (non-hydrogen) atoms. The van der Waals surface area contributed by atoms with Gasteiger partial charge in [0.2, 0.25) is 0 Å². The summed E-state index contributed by atoms with van der Waals surface area (Å²) >= 11 is -0.989. The molecule has 0 radical (unpaired) electrons. The van der Waals surface area contributed by atoms with E-state index in [1.165, 1.54) is 0 Å². The van der Waals surface area contributed by atoms with Gasteiger partial charge in [0.25, 0.3) is 0 Å². The number of carbonyl (C=O) groups excluding carboxylic acids is 1. The molecule has 1 aromatic heterocycles. The topological polar surface area (TPSA) is 57.7 Å². The lowest BCUT2D eigenvalue weighted by atomic mass is 10.1. The Labute approximate surface area is 202 Å². The largest absolute Gasteiger partial charge is 0.513 e. The highest BCUT2D eigenvalue weighted by molar-refractivity contribution is 8.00. The highest BCUT2D eigenvalue weighted by Gasteiger charge is 2.73. The van der Waals surface area contributed by atoms with E-state index in [1.54, 1.807) is 13.8 Å². The average Bonchev–Trinajstić information content (AvgIpc) is 2.78. The van der Waals surface area contributed by atoms with Gasteiger partial charge < -0.3 is 14.2 Å². The van der Waals surface area contributed by atoms with Gasteiger partial charge in [-0.15, -0.1) is 0 Å². The smallest absolute Gasteiger partial charge is 0.454 e. The third-order valence-corrected chi connectivity index (χ3v) is 5.86. The van der Waals surface area contributed by atoms with E-state index in [0.717, 1.165) is 43.5 Å². The molecule has 0 fully saturated rings. The summed E-state index contributed by atoms with van der Waals surface area (Å²) in [6.45, 7) is 3.20. The van der Waals surface area contributed by atoms with E-state index in [4.69, 9.17) is 9.47 Å². The molecule has 3 aromatic rings. The van der Waals surface area contributed by atoms with Gasteiger partial charge in [0, 0.05) is 27.6 Å². The number of aryl methyl sites for hydroxylation is 1. The van der Waals surface area contributed by atoms with Gasteiger partial charge in [-0.25, -0.2) is 9.18 Å². The molecule has 0 aliphatic heterocycles. The summed E-state index contributed by atoms with van der Waals surface area (Å²) < 4.78 is 120. The first-order valence-corrected chi connectivity index (χ1v) is 10.5. The number of thioether (sulfide) groups is 1. The first-order valence-electron chi connectivity index (χ1n) is 9.73. The number of nitrogens with zero attached hydrogens (tertiary/aromatic N) is 1. The van der Waals surface area contributed by atoms with Gasteiger partial charge in [0.1, 0.15) is 11.5 Å². The Kier molecular flexibility index (Phi) is 7.31. The zero-order chi connectivity index (χ0) is 27.1. The number of rotatable bonds is 6. The Morgan fingerprint density at radius 1 is 0.972 bits per heavy atom. The molecule has 0 unspecified atom stereocenters. The summed E-state index contributed by atoms with van der Waals surface area (Å²) in [6.07, 6.45) is -7.50. The van der Waals surface area contributed by atoms with Crippen molar-refractivity contribution in [2.24, 2.45) is 0 Å². The fraction of sp³-hybridized carbons (Fsp3) is 0.273. The predicted molar refractivity (Wildman–Crippen MR) is 113 cm³/mol. The van der Waals surface area contributed by atoms with Crippen LogP contribution in [-0.2, 0) is 4.74 Å². The van der Waals surface area contributed by atoms with E-state index in [-0.39, 0.29) is 22.4 Å². The average molecular weight is 541 g/mol. The van der Waals surface area contributed by atoms with Crippen LogP contribution in [0, 0.1) is 19.7 Å². The lowest BCUT2D eigenvalue weighted by Crippen LogP contribution is -2.49. The molecule has 194 valence electrons. The van der Waals surface area contributed by atoms with Crippen LogP contribution in [0.2, 0.25) is 0 Å². The molecule has 0 bridgehead atoms. The van der Waals surface area contributed by atoms with Crippen LogP contribution < -0.4 is 9.47 Å². The Morgan fingerprint density at radius 3 is 2.14 bits per heavy atom. The van der Waals surface area contributed by atoms with Gasteiger partial charge in [0.15, 0.2) is 11.6 Å². The van der Waals surface area contributed by atoms with Crippen LogP contribution in [0.25, 0.3) is 10.9 Å². The molecule has 0 aliphatic carbocycles. The Hall–Kier alpha value is -3.29. The van der Waals surface area contributed by atoms with Crippen LogP contribution in [0.15, 0.2) is 41.3 Å². The molecule has 0 N–H and O–H groups in total. The molecule has 14 heteroatoms. The predicted octanol–water partition coefficient (Wildman–Crippen LogP) is 7.81. The molecule has 0 atom stereocenters. The number of alkyl halides is 7. The Balaban J connectivity index is 1.90. The van der Waals surface area contributed by atoms with Gasteiger partial charge in [-0.05, 0) is 55.9 Å². The normalized spacial score (nSPS) is 12.5. The Bertz CT molecular complexity index is 1300. The molecule has 0 saturated carbocycles. The number of pyridine rings is 1. The summed E-state index contributed by atoms with van der Waals surface area (Å²) in [4.78, 5) is 15.2. The maximum absolute atomic E-state index is 14.7. The molecular formula is C22H15F8NO4S. The third kappa shape index (κ3) is 5.27. The maximum Gasteiger partial charge on any atom is 0.513 e. The van der Waals surface area contributed by atoms with Gasteiger partial charge in [-0.2, -0.15) is 30.7 Å². The summed E-state index contributed by atoms with van der Waals surface area (Å²) in [5, 5.41) is -5.32. The van der Waals surface area contributed by atoms with Crippen LogP contribution in [0.1, 0.15) is 11.3 Å². The SMILES string of the molecule is COC(=O)Oc1c(C)c(C)nc2cc(F)c(Oc3ccc(SC(F)(F)C(F)(F)C(F)(F)F)cc3)cc12. The van der Waals surface area contributed by atoms with E-state index in [2.05, 4.69) is 9.72 Å². The molecule has 1 heterocycles. The van der Waals surface area contributed by atoms with E-state index < -0.39 is 51.7 Å². The van der Waals surface area contributed by atoms with Crippen molar-refractivity contribution in [1.82, 2.24) is 4.98 Å². The number of methoxy groups -OCH3 is 1. The van der Waals surface area contributed by atoms with Gasteiger partial charge in [-0.3, -0.25) is 4.98 Å². The maximum atomic E-state index is 14.7. The molecule has 5 nitrogen and oxygen atoms in total. The van der Waals surface area contributed by atoms with Gasteiger partial charge in [-0.1, -0.05) is 0 Å². The molecule has 3 rings (SSSR count). The minimum absolute atomic E-state index is 0.0220. The number of ether oxygens (including phenoxy) is 3. The van der Waals surface area contributed by atoms with Gasteiger partial charge >= 0.3 is 23.5 Å². The van der Waals surface area contributed by atoms with Crippen molar-refractivity contribution < 1.29 is 54.1 Å². The first-order chi connectivity index (χ1) is 16.6. The summed E-state index contributed by atoms with van der Waals surface area (Å²) in [7, 11) is 1.09. The number of aromatic nitrogens is 1. The number of fused-ring (bicyclic) bond motifs is 1. The molecule has 0 aliphatic rings. The van der Waals surface area contributed by atoms with Crippen LogP contribution in [0.3, 0.4) is 0 Å². The van der Waals surface area contributed by atoms with E-state index >= 15 is 0 Å². The summed E-state index contributed by atoms with van der Waals surface area (Å²) in [6, 6.07) is 5.70. The highest BCUT2D eigenvalue weighted by Crippen LogP contribution is 2.54. The standard InChI is InChI=1S/C22H15F8NO4S/c1-10-11(2)31-16-9-15(23)17(8-14(16)18(10)35-19(32)33-3)34-12-4-6-13(7-5-12)36-22(29,30)20(24,25)21(26,27)28/h4-9H,1-3H3. The fourth-order valence-electron chi connectivity index (χ4n) is 2.86. The van der Waals surface area contributed by atoms with Crippen molar-refractivity contribution >= 4 is 28.8 Å². The third-order valence-electron chi connectivity index (χ3n) is 4.84. The number of halogens is 8. The second-order valence-corrected chi connectivity index (χ2v) is 8.46. The quantitative estimate of drug-likeness (QED) is 0.180. The zero-order valence-electron chi connectivity index (χ0n) is 18.5. The molecule has 0 spiro atoms. The number of carbonyl (C=O) groups is 1. The Morgan fingerprint density at radius 2 is 1.58 bits per heavy atom. The molecule has 0 saturated heterocycles. The van der Waals surface area contributed by atoms with E-state index in [1.807, 2.05) is 0 Å². The second-order valence-electron chi connectivity index (χ2n) is 7.27. The highest BCUT2D eigenvalue weighted by atomic mass is 32.2.